The third-order valence-corrected chi connectivity index (χ3v) is 3.62. The van der Waals surface area contributed by atoms with Gasteiger partial charge < -0.3 is 10.4 Å². The Hall–Kier alpha value is -1.43. The minimum Gasteiger partial charge on any atom is -0.481 e. The fourth-order valence-corrected chi connectivity index (χ4v) is 2.40. The average molecular weight is 270 g/mol. The number of anilines is 1. The van der Waals surface area contributed by atoms with E-state index in [-0.39, 0.29) is 0 Å². The van der Waals surface area contributed by atoms with E-state index in [2.05, 4.69) is 10.3 Å². The maximum absolute atomic E-state index is 12.0. The van der Waals surface area contributed by atoms with Crippen LogP contribution in [0.1, 0.15) is 31.3 Å². The van der Waals surface area contributed by atoms with Crippen molar-refractivity contribution in [3.8, 4) is 0 Å². The molecule has 0 aliphatic rings. The van der Waals surface area contributed by atoms with Gasteiger partial charge in [-0.1, -0.05) is 20.8 Å². The zero-order chi connectivity index (χ0) is 14.1. The predicted molar refractivity (Wildman–Crippen MR) is 70.8 cm³/mol. The van der Waals surface area contributed by atoms with E-state index in [1.54, 1.807) is 20.8 Å². The van der Waals surface area contributed by atoms with Crippen molar-refractivity contribution in [1.29, 1.82) is 0 Å². The normalized spacial score (nSPS) is 13.2. The van der Waals surface area contributed by atoms with Gasteiger partial charge in [0.2, 0.25) is 5.91 Å². The van der Waals surface area contributed by atoms with Gasteiger partial charge in [0.15, 0.2) is 5.13 Å². The van der Waals surface area contributed by atoms with Crippen molar-refractivity contribution in [2.75, 3.05) is 5.32 Å². The Labute approximate surface area is 110 Å². The van der Waals surface area contributed by atoms with Crippen LogP contribution in [0.25, 0.3) is 0 Å². The van der Waals surface area contributed by atoms with E-state index in [1.165, 1.54) is 11.3 Å². The molecular formula is C12H18N2O3S. The molecule has 1 amide bonds. The summed E-state index contributed by atoms with van der Waals surface area (Å²) in [4.78, 5) is 28.3. The molecule has 100 valence electrons. The molecule has 2 N–H and O–H groups in total. The number of amides is 1. The van der Waals surface area contributed by atoms with Crippen molar-refractivity contribution in [3.05, 3.63) is 10.6 Å². The van der Waals surface area contributed by atoms with Crippen LogP contribution < -0.4 is 5.32 Å². The first-order valence-electron chi connectivity index (χ1n) is 5.60. The fourth-order valence-electron chi connectivity index (χ4n) is 1.58. The Morgan fingerprint density at radius 2 is 1.89 bits per heavy atom. The Morgan fingerprint density at radius 3 is 2.22 bits per heavy atom. The molecule has 0 bridgehead atoms. The number of aliphatic carboxylic acids is 1. The van der Waals surface area contributed by atoms with E-state index in [4.69, 9.17) is 5.11 Å². The number of carboxylic acids is 1. The molecule has 1 aromatic rings. The molecule has 1 heterocycles. The second-order valence-electron chi connectivity index (χ2n) is 5.29. The number of carbonyl (C=O) groups is 2. The van der Waals surface area contributed by atoms with Gasteiger partial charge in [0.25, 0.3) is 0 Å². The molecule has 0 fully saturated rings. The van der Waals surface area contributed by atoms with E-state index in [0.717, 1.165) is 10.6 Å². The number of thiazole rings is 1. The largest absolute Gasteiger partial charge is 0.481 e. The summed E-state index contributed by atoms with van der Waals surface area (Å²) in [6.45, 7) is 8.93. The molecule has 1 unspecified atom stereocenters. The quantitative estimate of drug-likeness (QED) is 0.827. The molecule has 0 spiro atoms. The molecule has 1 rings (SSSR count). The van der Waals surface area contributed by atoms with Crippen molar-refractivity contribution < 1.29 is 14.7 Å². The van der Waals surface area contributed by atoms with E-state index < -0.39 is 23.2 Å². The highest BCUT2D eigenvalue weighted by atomic mass is 32.1. The number of nitrogens with zero attached hydrogens (tertiary/aromatic N) is 1. The summed E-state index contributed by atoms with van der Waals surface area (Å²) in [6, 6.07) is 0. The van der Waals surface area contributed by atoms with Gasteiger partial charge in [-0.05, 0) is 19.3 Å². The van der Waals surface area contributed by atoms with Crippen LogP contribution >= 0.6 is 11.3 Å². The van der Waals surface area contributed by atoms with Crippen LogP contribution in [0.4, 0.5) is 5.13 Å². The third kappa shape index (κ3) is 3.29. The van der Waals surface area contributed by atoms with Crippen molar-refractivity contribution >= 4 is 28.3 Å². The van der Waals surface area contributed by atoms with E-state index >= 15 is 0 Å². The lowest BCUT2D eigenvalue weighted by Crippen LogP contribution is -2.39. The SMILES string of the molecule is Cc1nc(NC(=O)C(C(=O)O)C(C)(C)C)sc1C. The minimum absolute atomic E-state index is 0.450. The van der Waals surface area contributed by atoms with Crippen molar-refractivity contribution in [1.82, 2.24) is 4.98 Å². The van der Waals surface area contributed by atoms with E-state index in [0.29, 0.717) is 5.13 Å². The number of nitrogens with one attached hydrogen (secondary N) is 1. The second kappa shape index (κ2) is 5.06. The van der Waals surface area contributed by atoms with Gasteiger partial charge in [0.05, 0.1) is 5.69 Å². The van der Waals surface area contributed by atoms with Gasteiger partial charge in [0.1, 0.15) is 5.92 Å². The molecule has 1 aromatic heterocycles. The van der Waals surface area contributed by atoms with Gasteiger partial charge in [-0.3, -0.25) is 9.59 Å². The molecular weight excluding hydrogens is 252 g/mol. The first kappa shape index (κ1) is 14.6. The Balaban J connectivity index is 2.89. The van der Waals surface area contributed by atoms with Crippen LogP contribution in [0, 0.1) is 25.2 Å². The molecule has 5 nitrogen and oxygen atoms in total. The molecule has 0 saturated carbocycles. The highest BCUT2D eigenvalue weighted by Crippen LogP contribution is 2.28. The average Bonchev–Trinajstić information content (AvgIpc) is 2.41. The maximum Gasteiger partial charge on any atom is 0.316 e. The molecule has 1 atom stereocenters. The summed E-state index contributed by atoms with van der Waals surface area (Å²) in [7, 11) is 0. The topological polar surface area (TPSA) is 79.3 Å². The van der Waals surface area contributed by atoms with Crippen molar-refractivity contribution in [2.45, 2.75) is 34.6 Å². The van der Waals surface area contributed by atoms with Gasteiger partial charge in [-0.2, -0.15) is 0 Å². The summed E-state index contributed by atoms with van der Waals surface area (Å²) in [5, 5.41) is 12.2. The van der Waals surface area contributed by atoms with Crippen LogP contribution in [0.15, 0.2) is 0 Å². The fraction of sp³-hybridized carbons (Fsp3) is 0.583. The standard InChI is InChI=1S/C12H18N2O3S/c1-6-7(2)18-11(13-6)14-9(15)8(10(16)17)12(3,4)5/h8H,1-5H3,(H,16,17)(H,13,14,15). The van der Waals surface area contributed by atoms with Crippen LogP contribution in [0.2, 0.25) is 0 Å². The number of hydrogen-bond acceptors (Lipinski definition) is 4. The van der Waals surface area contributed by atoms with Crippen LogP contribution in [-0.4, -0.2) is 22.0 Å². The zero-order valence-corrected chi connectivity index (χ0v) is 12.0. The molecule has 0 saturated heterocycles. The Bertz CT molecular complexity index is 455. The van der Waals surface area contributed by atoms with Gasteiger partial charge >= 0.3 is 5.97 Å². The number of carboxylic acid groups (broad SMARTS) is 1. The lowest BCUT2D eigenvalue weighted by atomic mass is 9.80. The third-order valence-electron chi connectivity index (χ3n) is 2.63. The molecule has 0 aliphatic carbocycles. The number of aromatic nitrogens is 1. The number of aryl methyl sites for hydroxylation is 2. The Kier molecular flexibility index (Phi) is 4.11. The van der Waals surface area contributed by atoms with Gasteiger partial charge in [0, 0.05) is 4.88 Å². The predicted octanol–water partition coefficient (Wildman–Crippen LogP) is 2.45. The second-order valence-corrected chi connectivity index (χ2v) is 6.49. The lowest BCUT2D eigenvalue weighted by molar-refractivity contribution is -0.149. The van der Waals surface area contributed by atoms with E-state index in [9.17, 15) is 9.59 Å². The van der Waals surface area contributed by atoms with Crippen molar-refractivity contribution in [3.63, 3.8) is 0 Å². The molecule has 0 aromatic carbocycles. The maximum atomic E-state index is 12.0. The van der Waals surface area contributed by atoms with Crippen LogP contribution in [0.3, 0.4) is 0 Å². The first-order chi connectivity index (χ1) is 8.12. The summed E-state index contributed by atoms with van der Waals surface area (Å²) in [6.07, 6.45) is 0. The Morgan fingerprint density at radius 1 is 1.33 bits per heavy atom. The van der Waals surface area contributed by atoms with Gasteiger partial charge in [-0.25, -0.2) is 4.98 Å². The molecule has 6 heteroatoms. The summed E-state index contributed by atoms with van der Waals surface area (Å²) >= 11 is 1.35. The van der Waals surface area contributed by atoms with Crippen LogP contribution in [-0.2, 0) is 9.59 Å². The highest BCUT2D eigenvalue weighted by Gasteiger charge is 2.38. The molecule has 18 heavy (non-hydrogen) atoms. The minimum atomic E-state index is -1.12. The first-order valence-corrected chi connectivity index (χ1v) is 6.42. The monoisotopic (exact) mass is 270 g/mol. The van der Waals surface area contributed by atoms with Crippen LogP contribution in [0.5, 0.6) is 0 Å². The molecule has 0 radical (unpaired) electrons. The van der Waals surface area contributed by atoms with Gasteiger partial charge in [-0.15, -0.1) is 11.3 Å². The summed E-state index contributed by atoms with van der Waals surface area (Å²) in [5.41, 5.74) is 0.204. The summed E-state index contributed by atoms with van der Waals surface area (Å²) < 4.78 is 0. The lowest BCUT2D eigenvalue weighted by Gasteiger charge is -2.25. The number of hydrogen-bond donors (Lipinski definition) is 2. The molecule has 0 aliphatic heterocycles. The number of rotatable bonds is 3. The summed E-state index contributed by atoms with van der Waals surface area (Å²) in [5.74, 6) is -2.74. The smallest absolute Gasteiger partial charge is 0.316 e. The highest BCUT2D eigenvalue weighted by molar-refractivity contribution is 7.15. The van der Waals surface area contributed by atoms with E-state index in [1.807, 2.05) is 13.8 Å². The van der Waals surface area contributed by atoms with Crippen molar-refractivity contribution in [2.24, 2.45) is 11.3 Å². The zero-order valence-electron chi connectivity index (χ0n) is 11.2. The number of carbonyl (C=O) groups excluding carboxylic acids is 1.